The summed E-state index contributed by atoms with van der Waals surface area (Å²) in [5, 5.41) is 0. The summed E-state index contributed by atoms with van der Waals surface area (Å²) >= 11 is 0. The third-order valence-electron chi connectivity index (χ3n) is 1.21. The number of carbonyl (C=O) groups excluding carboxylic acids is 1. The zero-order valence-electron chi connectivity index (χ0n) is 8.91. The standard InChI is InChI=1S/C9H10O2/c1-2-11-9(10)8-6-4-3-5-7-8/h3-7H,2H2,1H3/i1D3. The zero-order valence-corrected chi connectivity index (χ0v) is 5.91. The van der Waals surface area contributed by atoms with Crippen molar-refractivity contribution in [2.45, 2.75) is 6.85 Å². The summed E-state index contributed by atoms with van der Waals surface area (Å²) in [4.78, 5) is 11.2. The molecule has 0 N–H and O–H groups in total. The van der Waals surface area contributed by atoms with Crippen molar-refractivity contribution in [2.75, 3.05) is 6.61 Å². The van der Waals surface area contributed by atoms with Crippen LogP contribution in [0.3, 0.4) is 0 Å². The summed E-state index contributed by atoms with van der Waals surface area (Å²) in [7, 11) is 0. The molecular formula is C9H10O2. The molecule has 0 saturated carbocycles. The predicted molar refractivity (Wildman–Crippen MR) is 42.4 cm³/mol. The van der Waals surface area contributed by atoms with Crippen LogP contribution in [-0.4, -0.2) is 12.6 Å². The molecule has 2 nitrogen and oxygen atoms in total. The average Bonchev–Trinajstić information content (AvgIpc) is 2.14. The Kier molecular flexibility index (Phi) is 1.55. The summed E-state index contributed by atoms with van der Waals surface area (Å²) in [5.41, 5.74) is 0.358. The first-order valence-corrected chi connectivity index (χ1v) is 3.21. The van der Waals surface area contributed by atoms with E-state index in [4.69, 9.17) is 4.11 Å². The van der Waals surface area contributed by atoms with Crippen LogP contribution in [0.4, 0.5) is 0 Å². The average molecular weight is 153 g/mol. The fourth-order valence-electron chi connectivity index (χ4n) is 0.723. The monoisotopic (exact) mass is 153 g/mol. The van der Waals surface area contributed by atoms with Gasteiger partial charge in [0.15, 0.2) is 0 Å². The number of ether oxygens (including phenoxy) is 1. The second-order valence-corrected chi connectivity index (χ2v) is 1.94. The van der Waals surface area contributed by atoms with Crippen LogP contribution >= 0.6 is 0 Å². The minimum Gasteiger partial charge on any atom is -0.462 e. The molecule has 2 heteroatoms. The Morgan fingerprint density at radius 3 is 2.91 bits per heavy atom. The maximum atomic E-state index is 11.2. The summed E-state index contributed by atoms with van der Waals surface area (Å²) < 4.78 is 25.1. The molecule has 1 aromatic carbocycles. The van der Waals surface area contributed by atoms with Crippen molar-refractivity contribution in [1.29, 1.82) is 0 Å². The Hall–Kier alpha value is -1.31. The number of benzene rings is 1. The number of hydrogen-bond donors (Lipinski definition) is 0. The first-order chi connectivity index (χ1) is 6.49. The number of carbonyl (C=O) groups is 1. The molecule has 11 heavy (non-hydrogen) atoms. The molecule has 0 heterocycles. The van der Waals surface area contributed by atoms with E-state index in [-0.39, 0.29) is 0 Å². The lowest BCUT2D eigenvalue weighted by atomic mass is 10.2. The van der Waals surface area contributed by atoms with Crippen molar-refractivity contribution in [3.8, 4) is 0 Å². The molecule has 0 amide bonds. The molecule has 0 atom stereocenters. The van der Waals surface area contributed by atoms with Gasteiger partial charge >= 0.3 is 5.97 Å². The number of rotatable bonds is 2. The molecule has 0 aliphatic rings. The molecule has 0 aliphatic heterocycles. The van der Waals surface area contributed by atoms with Gasteiger partial charge in [0.05, 0.1) is 12.2 Å². The second kappa shape index (κ2) is 3.76. The van der Waals surface area contributed by atoms with Crippen molar-refractivity contribution in [2.24, 2.45) is 0 Å². The van der Waals surface area contributed by atoms with Gasteiger partial charge < -0.3 is 4.74 Å². The highest BCUT2D eigenvalue weighted by Crippen LogP contribution is 1.99. The van der Waals surface area contributed by atoms with E-state index in [1.807, 2.05) is 0 Å². The molecule has 0 bridgehead atoms. The first kappa shape index (κ1) is 4.54. The minimum absolute atomic E-state index is 0.358. The van der Waals surface area contributed by atoms with Crippen LogP contribution in [0.15, 0.2) is 30.3 Å². The normalized spacial score (nSPS) is 14.4. The Morgan fingerprint density at radius 1 is 1.55 bits per heavy atom. The van der Waals surface area contributed by atoms with E-state index in [1.165, 1.54) is 0 Å². The van der Waals surface area contributed by atoms with E-state index < -0.39 is 19.4 Å². The van der Waals surface area contributed by atoms with E-state index in [2.05, 4.69) is 4.74 Å². The molecule has 0 aromatic heterocycles. The molecule has 0 fully saturated rings. The molecule has 0 spiro atoms. The smallest absolute Gasteiger partial charge is 0.338 e. The highest BCUT2D eigenvalue weighted by molar-refractivity contribution is 5.89. The van der Waals surface area contributed by atoms with Crippen LogP contribution in [0.1, 0.15) is 21.3 Å². The lowest BCUT2D eigenvalue weighted by Crippen LogP contribution is -2.03. The Morgan fingerprint density at radius 2 is 2.27 bits per heavy atom. The molecule has 1 rings (SSSR count). The van der Waals surface area contributed by atoms with E-state index >= 15 is 0 Å². The topological polar surface area (TPSA) is 26.3 Å². The first-order valence-electron chi connectivity index (χ1n) is 4.71. The van der Waals surface area contributed by atoms with Gasteiger partial charge in [0, 0.05) is 4.11 Å². The van der Waals surface area contributed by atoms with E-state index in [1.54, 1.807) is 30.3 Å². The molecule has 1 aromatic rings. The Balaban J connectivity index is 2.52. The summed E-state index contributed by atoms with van der Waals surface area (Å²) in [6.07, 6.45) is 0. The summed E-state index contributed by atoms with van der Waals surface area (Å²) in [5.74, 6) is -0.610. The zero-order chi connectivity index (χ0) is 10.6. The van der Waals surface area contributed by atoms with E-state index in [0.717, 1.165) is 0 Å². The molecular weight excluding hydrogens is 140 g/mol. The largest absolute Gasteiger partial charge is 0.462 e. The van der Waals surface area contributed by atoms with Crippen LogP contribution in [0, 0.1) is 0 Å². The van der Waals surface area contributed by atoms with Crippen LogP contribution in [0.5, 0.6) is 0 Å². The third kappa shape index (κ3) is 2.08. The van der Waals surface area contributed by atoms with Crippen LogP contribution in [0.2, 0.25) is 0 Å². The fourth-order valence-corrected chi connectivity index (χ4v) is 0.723. The summed E-state index contributed by atoms with van der Waals surface area (Å²) in [6.45, 7) is -2.79. The van der Waals surface area contributed by atoms with Crippen molar-refractivity contribution in [1.82, 2.24) is 0 Å². The molecule has 0 saturated heterocycles. The second-order valence-electron chi connectivity index (χ2n) is 1.94. The highest BCUT2D eigenvalue weighted by atomic mass is 16.5. The van der Waals surface area contributed by atoms with Crippen LogP contribution < -0.4 is 0 Å². The Bertz CT molecular complexity index is 306. The van der Waals surface area contributed by atoms with Crippen molar-refractivity contribution < 1.29 is 13.6 Å². The highest BCUT2D eigenvalue weighted by Gasteiger charge is 2.02. The van der Waals surface area contributed by atoms with Gasteiger partial charge in [-0.25, -0.2) is 4.79 Å². The fraction of sp³-hybridized carbons (Fsp3) is 0.222. The third-order valence-corrected chi connectivity index (χ3v) is 1.21. The van der Waals surface area contributed by atoms with Crippen LogP contribution in [0.25, 0.3) is 0 Å². The van der Waals surface area contributed by atoms with E-state index in [0.29, 0.717) is 5.56 Å². The van der Waals surface area contributed by atoms with Gasteiger partial charge in [-0.3, -0.25) is 0 Å². The van der Waals surface area contributed by atoms with Gasteiger partial charge in [-0.2, -0.15) is 0 Å². The van der Waals surface area contributed by atoms with Gasteiger partial charge in [-0.05, 0) is 19.0 Å². The van der Waals surface area contributed by atoms with Gasteiger partial charge in [0.25, 0.3) is 0 Å². The van der Waals surface area contributed by atoms with Gasteiger partial charge in [-0.1, -0.05) is 18.2 Å². The number of esters is 1. The molecule has 58 valence electrons. The maximum absolute atomic E-state index is 11.2. The molecule has 0 aliphatic carbocycles. The molecule has 0 radical (unpaired) electrons. The lowest BCUT2D eigenvalue weighted by Gasteiger charge is -1.99. The number of hydrogen-bond acceptors (Lipinski definition) is 2. The van der Waals surface area contributed by atoms with Crippen LogP contribution in [-0.2, 0) is 4.74 Å². The van der Waals surface area contributed by atoms with Gasteiger partial charge in [-0.15, -0.1) is 0 Å². The Labute approximate surface area is 70.0 Å². The minimum atomic E-state index is -2.23. The van der Waals surface area contributed by atoms with Crippen molar-refractivity contribution in [3.05, 3.63) is 35.9 Å². The van der Waals surface area contributed by atoms with Gasteiger partial charge in [0.2, 0.25) is 0 Å². The quantitative estimate of drug-likeness (QED) is 0.606. The molecule has 0 unspecified atom stereocenters. The summed E-state index contributed by atoms with van der Waals surface area (Å²) in [6, 6.07) is 8.28. The van der Waals surface area contributed by atoms with Crippen molar-refractivity contribution in [3.63, 3.8) is 0 Å². The SMILES string of the molecule is [2H]C([2H])([2H])COC(=O)c1ccccc1. The predicted octanol–water partition coefficient (Wildman–Crippen LogP) is 1.86. The van der Waals surface area contributed by atoms with E-state index in [9.17, 15) is 4.79 Å². The van der Waals surface area contributed by atoms with Crippen molar-refractivity contribution >= 4 is 5.97 Å². The maximum Gasteiger partial charge on any atom is 0.338 e. The van der Waals surface area contributed by atoms with Gasteiger partial charge in [0.1, 0.15) is 0 Å². The lowest BCUT2D eigenvalue weighted by molar-refractivity contribution is 0.0526.